The Morgan fingerprint density at radius 3 is 3.33 bits per heavy atom. The summed E-state index contributed by atoms with van der Waals surface area (Å²) in [6.45, 7) is 0.828. The zero-order valence-electron chi connectivity index (χ0n) is 6.69. The van der Waals surface area contributed by atoms with Crippen LogP contribution in [0, 0.1) is 0 Å². The van der Waals surface area contributed by atoms with E-state index in [0.29, 0.717) is 0 Å². The molecule has 3 nitrogen and oxygen atoms in total. The molecular weight excluding hydrogens is 172 g/mol. The van der Waals surface area contributed by atoms with Gasteiger partial charge in [-0.1, -0.05) is 11.8 Å². The highest BCUT2D eigenvalue weighted by molar-refractivity contribution is 7.99. The second kappa shape index (κ2) is 3.31. The third-order valence-electron chi connectivity index (χ3n) is 1.91. The summed E-state index contributed by atoms with van der Waals surface area (Å²) < 4.78 is 1.76. The summed E-state index contributed by atoms with van der Waals surface area (Å²) in [7, 11) is 0. The van der Waals surface area contributed by atoms with E-state index in [4.69, 9.17) is 0 Å². The molecule has 4 heteroatoms. The Balaban J connectivity index is 2.49. The van der Waals surface area contributed by atoms with E-state index >= 15 is 0 Å². The Labute approximate surface area is 74.8 Å². The Morgan fingerprint density at radius 1 is 1.50 bits per heavy atom. The van der Waals surface area contributed by atoms with E-state index in [9.17, 15) is 4.79 Å². The van der Waals surface area contributed by atoms with E-state index in [2.05, 4.69) is 4.98 Å². The van der Waals surface area contributed by atoms with Crippen molar-refractivity contribution in [2.75, 3.05) is 5.75 Å². The third-order valence-corrected chi connectivity index (χ3v) is 2.98. The summed E-state index contributed by atoms with van der Waals surface area (Å²) in [6.07, 6.45) is 3.85. The van der Waals surface area contributed by atoms with Crippen molar-refractivity contribution in [1.29, 1.82) is 0 Å². The fourth-order valence-corrected chi connectivity index (χ4v) is 2.28. The van der Waals surface area contributed by atoms with Crippen LogP contribution in [0.2, 0.25) is 0 Å². The number of aromatic nitrogens is 2. The van der Waals surface area contributed by atoms with Gasteiger partial charge in [0.05, 0.1) is 0 Å². The summed E-state index contributed by atoms with van der Waals surface area (Å²) >= 11 is 1.68. The van der Waals surface area contributed by atoms with Gasteiger partial charge in [0.25, 0.3) is 5.56 Å². The van der Waals surface area contributed by atoms with E-state index < -0.39 is 0 Å². The normalized spacial score (nSPS) is 16.7. The van der Waals surface area contributed by atoms with Crippen molar-refractivity contribution < 1.29 is 0 Å². The van der Waals surface area contributed by atoms with E-state index in [1.165, 1.54) is 12.5 Å². The Bertz CT molecular complexity index is 334. The van der Waals surface area contributed by atoms with Crippen molar-refractivity contribution in [3.05, 3.63) is 22.6 Å². The summed E-state index contributed by atoms with van der Waals surface area (Å²) in [5.74, 6) is 1.08. The molecule has 0 bridgehead atoms. The minimum absolute atomic E-state index is 0.0781. The van der Waals surface area contributed by atoms with Crippen LogP contribution in [0.15, 0.2) is 22.2 Å². The zero-order chi connectivity index (χ0) is 8.39. The predicted octanol–water partition coefficient (Wildman–Crippen LogP) is 1.13. The van der Waals surface area contributed by atoms with Crippen molar-refractivity contribution >= 4 is 11.8 Å². The first-order chi connectivity index (χ1) is 5.88. The van der Waals surface area contributed by atoms with Crippen LogP contribution in [0.5, 0.6) is 0 Å². The molecule has 0 saturated carbocycles. The molecule has 1 aromatic heterocycles. The second-order valence-electron chi connectivity index (χ2n) is 2.77. The molecule has 64 valence electrons. The number of fused-ring (bicyclic) bond motifs is 1. The number of hydrogen-bond acceptors (Lipinski definition) is 3. The second-order valence-corrected chi connectivity index (χ2v) is 3.83. The monoisotopic (exact) mass is 182 g/mol. The maximum absolute atomic E-state index is 11.3. The molecule has 1 aliphatic heterocycles. The first-order valence-corrected chi connectivity index (χ1v) is 5.05. The van der Waals surface area contributed by atoms with Crippen LogP contribution >= 0.6 is 11.8 Å². The Hall–Kier alpha value is -0.770. The Kier molecular flexibility index (Phi) is 2.17. The van der Waals surface area contributed by atoms with Gasteiger partial charge in [0.2, 0.25) is 0 Å². The molecule has 0 aliphatic carbocycles. The molecule has 1 aromatic rings. The van der Waals surface area contributed by atoms with E-state index in [1.807, 2.05) is 0 Å². The first-order valence-electron chi connectivity index (χ1n) is 4.06. The van der Waals surface area contributed by atoms with Gasteiger partial charge in [-0.3, -0.25) is 9.36 Å². The summed E-state index contributed by atoms with van der Waals surface area (Å²) in [4.78, 5) is 15.5. The van der Waals surface area contributed by atoms with Gasteiger partial charge in [-0.2, -0.15) is 0 Å². The molecular formula is C8H10N2OS. The van der Waals surface area contributed by atoms with Gasteiger partial charge in [-0.05, 0) is 12.8 Å². The SMILES string of the molecule is O=c1ccnc2n1CCCCS2. The van der Waals surface area contributed by atoms with Crippen molar-refractivity contribution in [2.45, 2.75) is 24.5 Å². The molecule has 0 spiro atoms. The van der Waals surface area contributed by atoms with E-state index in [1.54, 1.807) is 22.5 Å². The molecule has 0 N–H and O–H groups in total. The van der Waals surface area contributed by atoms with Crippen LogP contribution in [0.25, 0.3) is 0 Å². The van der Waals surface area contributed by atoms with Gasteiger partial charge in [-0.25, -0.2) is 4.98 Å². The van der Waals surface area contributed by atoms with Gasteiger partial charge in [0.15, 0.2) is 5.16 Å². The summed E-state index contributed by atoms with van der Waals surface area (Å²) in [6, 6.07) is 1.52. The first kappa shape index (κ1) is 7.86. The molecule has 0 atom stereocenters. The number of rotatable bonds is 0. The largest absolute Gasteiger partial charge is 0.288 e. The maximum atomic E-state index is 11.3. The van der Waals surface area contributed by atoms with Gasteiger partial charge in [-0.15, -0.1) is 0 Å². The summed E-state index contributed by atoms with van der Waals surface area (Å²) in [5.41, 5.74) is 0.0781. The number of hydrogen-bond donors (Lipinski definition) is 0. The molecule has 12 heavy (non-hydrogen) atoms. The third kappa shape index (κ3) is 1.39. The summed E-state index contributed by atoms with van der Waals surface area (Å²) in [5, 5.41) is 0.875. The smallest absolute Gasteiger partial charge is 0.254 e. The molecule has 0 amide bonds. The fraction of sp³-hybridized carbons (Fsp3) is 0.500. The maximum Gasteiger partial charge on any atom is 0.254 e. The van der Waals surface area contributed by atoms with Crippen molar-refractivity contribution in [3.8, 4) is 0 Å². The molecule has 0 saturated heterocycles. The molecule has 1 aliphatic rings. The van der Waals surface area contributed by atoms with E-state index in [-0.39, 0.29) is 5.56 Å². The van der Waals surface area contributed by atoms with Crippen LogP contribution in [0.1, 0.15) is 12.8 Å². The lowest BCUT2D eigenvalue weighted by atomic mass is 10.3. The lowest BCUT2D eigenvalue weighted by molar-refractivity contribution is 0.564. The average Bonchev–Trinajstić information content (AvgIpc) is 2.30. The minimum atomic E-state index is 0.0781. The molecule has 2 heterocycles. The average molecular weight is 182 g/mol. The van der Waals surface area contributed by atoms with Gasteiger partial charge >= 0.3 is 0 Å². The molecule has 2 rings (SSSR count). The van der Waals surface area contributed by atoms with Crippen molar-refractivity contribution in [3.63, 3.8) is 0 Å². The van der Waals surface area contributed by atoms with Crippen LogP contribution < -0.4 is 5.56 Å². The highest BCUT2D eigenvalue weighted by Crippen LogP contribution is 2.19. The lowest BCUT2D eigenvalue weighted by Gasteiger charge is -2.04. The van der Waals surface area contributed by atoms with Gasteiger partial charge < -0.3 is 0 Å². The number of nitrogens with zero attached hydrogens (tertiary/aromatic N) is 2. The number of thioether (sulfide) groups is 1. The van der Waals surface area contributed by atoms with Crippen LogP contribution in [-0.4, -0.2) is 15.3 Å². The predicted molar refractivity (Wildman–Crippen MR) is 48.5 cm³/mol. The topological polar surface area (TPSA) is 34.9 Å². The van der Waals surface area contributed by atoms with Gasteiger partial charge in [0, 0.05) is 24.6 Å². The highest BCUT2D eigenvalue weighted by atomic mass is 32.2. The van der Waals surface area contributed by atoms with Crippen LogP contribution in [0.3, 0.4) is 0 Å². The standard InChI is InChI=1S/C8H10N2OS/c11-7-3-4-9-8-10(7)5-1-2-6-12-8/h3-4H,1-2,5-6H2. The minimum Gasteiger partial charge on any atom is -0.288 e. The fourth-order valence-electron chi connectivity index (χ4n) is 1.28. The zero-order valence-corrected chi connectivity index (χ0v) is 7.51. The van der Waals surface area contributed by atoms with Crippen LogP contribution in [-0.2, 0) is 6.54 Å². The molecule has 0 fully saturated rings. The van der Waals surface area contributed by atoms with Crippen molar-refractivity contribution in [1.82, 2.24) is 9.55 Å². The van der Waals surface area contributed by atoms with Crippen molar-refractivity contribution in [2.24, 2.45) is 0 Å². The molecule has 0 unspecified atom stereocenters. The highest BCUT2D eigenvalue weighted by Gasteiger charge is 2.08. The van der Waals surface area contributed by atoms with Gasteiger partial charge in [0.1, 0.15) is 0 Å². The van der Waals surface area contributed by atoms with E-state index in [0.717, 1.165) is 23.9 Å². The molecule has 0 radical (unpaired) electrons. The lowest BCUT2D eigenvalue weighted by Crippen LogP contribution is -2.20. The molecule has 0 aromatic carbocycles. The quantitative estimate of drug-likeness (QED) is 0.564. The Morgan fingerprint density at radius 2 is 2.42 bits per heavy atom. The van der Waals surface area contributed by atoms with Crippen LogP contribution in [0.4, 0.5) is 0 Å².